The molecular formula is C76H206O13. The van der Waals surface area contributed by atoms with Crippen LogP contribution in [0.15, 0.2) is 35.6 Å². The second kappa shape index (κ2) is 75.9. The lowest BCUT2D eigenvalue weighted by atomic mass is 9.39. The summed E-state index contributed by atoms with van der Waals surface area (Å²) in [7, 11) is 0. The quantitative estimate of drug-likeness (QED) is 0.0758. The van der Waals surface area contributed by atoms with E-state index in [4.69, 9.17) is 14.2 Å². The van der Waals surface area contributed by atoms with Gasteiger partial charge in [0.2, 0.25) is 12.1 Å². The number of esters is 1. The van der Waals surface area contributed by atoms with E-state index in [1.165, 1.54) is 19.9 Å². The predicted molar refractivity (Wildman–Crippen MR) is 436 cm³/mol. The Kier molecular flexibility index (Phi) is 196. The van der Waals surface area contributed by atoms with Crippen molar-refractivity contribution in [3.63, 3.8) is 0 Å². The lowest BCUT2D eigenvalue weighted by molar-refractivity contribution is -0.291. The first-order valence-corrected chi connectivity index (χ1v) is 17.6. The molecule has 6 N–H and O–H groups in total. The molecule has 89 heavy (non-hydrogen) atoms. The molecular weight excluding hydrogens is 1120 g/mol. The van der Waals surface area contributed by atoms with Crippen molar-refractivity contribution in [2.75, 3.05) is 6.61 Å². The number of rotatable bonds is 8. The maximum absolute atomic E-state index is 14.8. The van der Waals surface area contributed by atoms with Crippen molar-refractivity contribution in [2.45, 2.75) is 412 Å². The summed E-state index contributed by atoms with van der Waals surface area (Å²) in [5, 5.41) is 64.6. The molecule has 0 radical (unpaired) electrons. The number of Topliss-reactive ketones (excluding diaryl/α,β-unsaturated/α-hetero) is 2. The van der Waals surface area contributed by atoms with Crippen LogP contribution in [-0.4, -0.2) is 109 Å². The van der Waals surface area contributed by atoms with Crippen molar-refractivity contribution in [3.8, 4) is 0 Å². The molecule has 13 nitrogen and oxygen atoms in total. The van der Waals surface area contributed by atoms with Crippen LogP contribution >= 0.6 is 0 Å². The zero-order valence-corrected chi connectivity index (χ0v) is 30.9. The summed E-state index contributed by atoms with van der Waals surface area (Å²) in [6.45, 7) is 14.2. The molecule has 0 amide bonds. The van der Waals surface area contributed by atoms with E-state index in [1.54, 1.807) is 33.8 Å². The van der Waals surface area contributed by atoms with Gasteiger partial charge in [-0.3, -0.25) is 19.2 Å². The van der Waals surface area contributed by atoms with E-state index in [0.29, 0.717) is 12.0 Å². The van der Waals surface area contributed by atoms with Gasteiger partial charge in [0.1, 0.15) is 41.4 Å². The molecule has 1 heterocycles. The normalized spacial score (nSPS) is 24.8. The fourth-order valence-corrected chi connectivity index (χ4v) is 10.3. The minimum Gasteiger partial charge on any atom is -0.459 e. The van der Waals surface area contributed by atoms with E-state index in [2.05, 4.69) is 0 Å². The molecule has 5 aliphatic rings. The fourth-order valence-electron chi connectivity index (χ4n) is 10.3. The van der Waals surface area contributed by atoms with Gasteiger partial charge in [-0.1, -0.05) is 315 Å². The largest absolute Gasteiger partial charge is 0.459 e. The molecule has 4 aliphatic carbocycles. The summed E-state index contributed by atoms with van der Waals surface area (Å²) in [6, 6.07) is 0. The average Bonchev–Trinajstić information content (AvgIpc) is 3.22. The summed E-state index contributed by atoms with van der Waals surface area (Å²) < 4.78 is 16.7. The van der Waals surface area contributed by atoms with Gasteiger partial charge in [-0.25, -0.2) is 0 Å². The summed E-state index contributed by atoms with van der Waals surface area (Å²) >= 11 is 0. The third-order valence-corrected chi connectivity index (χ3v) is 13.3. The molecule has 0 spiro atoms. The smallest absolute Gasteiger partial charge is 0.303 e. The number of fused-ring (bicyclic) bond motifs is 5. The third-order valence-electron chi connectivity index (χ3n) is 13.3. The molecule has 13 atom stereocenters. The van der Waals surface area contributed by atoms with Crippen molar-refractivity contribution in [1.29, 1.82) is 0 Å². The number of hydrogen-bond donors (Lipinski definition) is 6. The maximum Gasteiger partial charge on any atom is 0.303 e. The maximum atomic E-state index is 14.8. The number of carbonyl (C=O) groups excluding carboxylic acids is 4. The van der Waals surface area contributed by atoms with Crippen LogP contribution in [0.25, 0.3) is 0 Å². The van der Waals surface area contributed by atoms with Crippen LogP contribution in [0.3, 0.4) is 0 Å². The average molecular weight is 1330 g/mol. The van der Waals surface area contributed by atoms with Crippen LogP contribution in [0.4, 0.5) is 0 Å². The third kappa shape index (κ3) is 35.9. The molecule has 588 valence electrons. The van der Waals surface area contributed by atoms with Crippen LogP contribution in [0.2, 0.25) is 0 Å². The molecule has 1 aliphatic heterocycles. The lowest BCUT2D eigenvalue weighted by Gasteiger charge is -2.63. The van der Waals surface area contributed by atoms with E-state index < -0.39 is 112 Å². The van der Waals surface area contributed by atoms with Gasteiger partial charge < -0.3 is 44.8 Å². The minimum atomic E-state index is -2.09. The van der Waals surface area contributed by atoms with Crippen LogP contribution in [0.5, 0.6) is 0 Å². The highest BCUT2D eigenvalue weighted by molar-refractivity contribution is 6.02. The van der Waals surface area contributed by atoms with E-state index in [-0.39, 0.29) is 307 Å². The van der Waals surface area contributed by atoms with Crippen LogP contribution in [0.1, 0.15) is 364 Å². The second-order valence-electron chi connectivity index (χ2n) is 17.2. The Bertz CT molecular complexity index is 1580. The Morgan fingerprint density at radius 1 is 0.584 bits per heavy atom. The summed E-state index contributed by atoms with van der Waals surface area (Å²) in [4.78, 5) is 53.9. The van der Waals surface area contributed by atoms with Crippen molar-refractivity contribution in [3.05, 3.63) is 35.6 Å². The fraction of sp³-hybridized carbons (Fsp3) is 0.868. The van der Waals surface area contributed by atoms with E-state index >= 15 is 0 Å². The summed E-state index contributed by atoms with van der Waals surface area (Å²) in [5.74, 6) is -4.17. The standard InChI is InChI=1S/C38H54O13.38CH4/c1-18(40)51-33(2,3)13-12-25(42)38(9,48)30-21(41)15-35(6)24-11-10-19-20(37(24,8)26(43)16-36(30,35)7)14-22(31(47)34(19,4)5)49-32-29(46)28(45)27(44)23(17-39)50-32;;;;;;;;;;;;;;;;;;;;;;;;;;;;;;;;;;;;;;/h10,12-14,20-21,23-24,27-30,32,39,41,44-46,48H,11,15-17H2,1-9H3;38*1H4/b13-12+;;;;;;;;;;;;;;;;;;;;;;;;;;;;;;;;;;;;;;/t20?,21-,23?,24?,27-,28+,29?,30?,32-,35+,36-,37+,38+;;;;;;;;;;;;;;;;;;;;;;;;;;;;;;;;;;;;;;/m1....................................../s1. The number of aliphatic hydroxyl groups is 6. The van der Waals surface area contributed by atoms with Gasteiger partial charge in [-0.05, 0) is 82.4 Å². The first-order chi connectivity index (χ1) is 23.3. The van der Waals surface area contributed by atoms with Crippen molar-refractivity contribution >= 4 is 23.3 Å². The highest BCUT2D eigenvalue weighted by atomic mass is 16.7. The van der Waals surface area contributed by atoms with Gasteiger partial charge in [-0.2, -0.15) is 0 Å². The number of carbonyl (C=O) groups is 4. The summed E-state index contributed by atoms with van der Waals surface area (Å²) in [5.41, 5.74) is -6.62. The lowest BCUT2D eigenvalue weighted by Crippen LogP contribution is -2.64. The second-order valence-corrected chi connectivity index (χ2v) is 17.2. The number of allylic oxidation sites excluding steroid dienone is 4. The van der Waals surface area contributed by atoms with E-state index in [0.717, 1.165) is 6.08 Å². The molecule has 2 saturated carbocycles. The van der Waals surface area contributed by atoms with E-state index in [9.17, 15) is 49.8 Å². The molecule has 0 aromatic heterocycles. The van der Waals surface area contributed by atoms with E-state index in [1.807, 2.05) is 26.8 Å². The highest BCUT2D eigenvalue weighted by Gasteiger charge is 2.74. The molecule has 1 saturated heterocycles. The van der Waals surface area contributed by atoms with Gasteiger partial charge >= 0.3 is 5.97 Å². The molecule has 3 fully saturated rings. The van der Waals surface area contributed by atoms with Gasteiger partial charge in [0.15, 0.2) is 11.5 Å². The highest BCUT2D eigenvalue weighted by Crippen LogP contribution is 2.74. The molecule has 0 bridgehead atoms. The van der Waals surface area contributed by atoms with Crippen LogP contribution in [-0.2, 0) is 33.4 Å². The first-order valence-electron chi connectivity index (χ1n) is 17.6. The minimum absolute atomic E-state index is 0. The molecule has 0 aromatic carbocycles. The SMILES string of the molecule is C.C.C.C.C.C.C.C.C.C.C.C.C.C.C.C.C.C.C.C.C.C.C.C.C.C.C.C.C.C.C.C.C.C.C.C.C.C.CC(=O)OC(C)(C)/C=C/C(=O)[C@](C)(O)C1[C@H](O)C[C@@]2(C)C3CC=C4C(C=C(O[C@@H]5OC(CO)[C@@H](O)[C@H](O)C5O)C(=O)C4(C)C)[C@]3(C)C(=O)C[C@]12C. The zero-order valence-electron chi connectivity index (χ0n) is 30.9. The molecule has 5 unspecified atom stereocenters. The number of ether oxygens (including phenoxy) is 3. The monoisotopic (exact) mass is 1330 g/mol. The van der Waals surface area contributed by atoms with Crippen molar-refractivity contribution in [1.82, 2.24) is 0 Å². The zero-order chi connectivity index (χ0) is 38.4. The predicted octanol–water partition coefficient (Wildman–Crippen LogP) is 25.6. The van der Waals surface area contributed by atoms with Crippen LogP contribution in [0, 0.1) is 39.4 Å². The number of aliphatic hydroxyl groups excluding tert-OH is 5. The Balaban J connectivity index is -0.0000000249. The Morgan fingerprint density at radius 2 is 0.944 bits per heavy atom. The van der Waals surface area contributed by atoms with Gasteiger partial charge in [-0.15, -0.1) is 0 Å². The molecule has 0 aromatic rings. The Morgan fingerprint density at radius 3 is 1.28 bits per heavy atom. The first kappa shape index (κ1) is 230. The Labute approximate surface area is 578 Å². The van der Waals surface area contributed by atoms with Gasteiger partial charge in [0, 0.05) is 30.6 Å². The van der Waals surface area contributed by atoms with Crippen LogP contribution < -0.4 is 0 Å². The number of hydrogen-bond acceptors (Lipinski definition) is 13. The topological polar surface area (TPSA) is 217 Å². The van der Waals surface area contributed by atoms with Gasteiger partial charge in [0.25, 0.3) is 0 Å². The molecule has 13 heteroatoms. The van der Waals surface area contributed by atoms with Crippen molar-refractivity contribution in [2.24, 2.45) is 39.4 Å². The van der Waals surface area contributed by atoms with Gasteiger partial charge in [0.05, 0.1) is 18.1 Å². The molecule has 5 rings (SSSR count). The summed E-state index contributed by atoms with van der Waals surface area (Å²) in [6.07, 6.45) is -2.57. The van der Waals surface area contributed by atoms with Crippen molar-refractivity contribution < 1.29 is 64.0 Å². The Hall–Kier alpha value is -2.78. The number of ketones is 3.